The first-order valence-electron chi connectivity index (χ1n) is 11.6. The second-order valence-corrected chi connectivity index (χ2v) is 10.4. The lowest BCUT2D eigenvalue weighted by Gasteiger charge is -2.19. The Balaban J connectivity index is 1.56. The number of fused-ring (bicyclic) bond motifs is 1. The van der Waals surface area contributed by atoms with Crippen LogP contribution in [0.25, 0.3) is 10.9 Å². The Morgan fingerprint density at radius 1 is 0.757 bits per heavy atom. The van der Waals surface area contributed by atoms with E-state index in [1.807, 2.05) is 60.7 Å². The summed E-state index contributed by atoms with van der Waals surface area (Å²) in [6.07, 6.45) is 0.669. The monoisotopic (exact) mass is 509 g/mol. The molecule has 6 nitrogen and oxygen atoms in total. The highest BCUT2D eigenvalue weighted by atomic mass is 32.2. The van der Waals surface area contributed by atoms with Crippen LogP contribution in [0.2, 0.25) is 0 Å². The first-order valence-corrected chi connectivity index (χ1v) is 13.1. The second-order valence-electron chi connectivity index (χ2n) is 8.55. The fourth-order valence-corrected chi connectivity index (χ4v) is 5.66. The molecule has 0 bridgehead atoms. The number of hydrogen-bond acceptors (Lipinski definition) is 5. The van der Waals surface area contributed by atoms with Gasteiger partial charge in [-0.25, -0.2) is 17.2 Å². The highest BCUT2D eigenvalue weighted by molar-refractivity contribution is 7.90. The lowest BCUT2D eigenvalue weighted by atomic mass is 10.0. The molecular weight excluding hydrogens is 486 g/mol. The first kappa shape index (κ1) is 24.2. The normalized spacial score (nSPS) is 11.5. The predicted octanol–water partition coefficient (Wildman–Crippen LogP) is 6.03. The molecule has 5 rings (SSSR count). The van der Waals surface area contributed by atoms with Crippen molar-refractivity contribution in [2.45, 2.75) is 17.9 Å². The van der Waals surface area contributed by atoms with Crippen LogP contribution in [-0.4, -0.2) is 24.1 Å². The molecule has 4 aromatic carbocycles. The van der Waals surface area contributed by atoms with E-state index in [-0.39, 0.29) is 21.8 Å². The number of carbonyl (C=O) groups is 2. The van der Waals surface area contributed by atoms with Crippen LogP contribution in [0.1, 0.15) is 44.9 Å². The third kappa shape index (κ3) is 4.69. The van der Waals surface area contributed by atoms with Crippen LogP contribution in [0.5, 0.6) is 0 Å². The van der Waals surface area contributed by atoms with Crippen LogP contribution in [0.4, 0.5) is 0 Å². The maximum atomic E-state index is 13.3. The largest absolute Gasteiger partial charge is 0.449 e. The Morgan fingerprint density at radius 2 is 1.30 bits per heavy atom. The van der Waals surface area contributed by atoms with Gasteiger partial charge in [-0.1, -0.05) is 78.9 Å². The molecule has 184 valence electrons. The number of benzene rings is 4. The van der Waals surface area contributed by atoms with Gasteiger partial charge in [0.2, 0.25) is 0 Å². The van der Waals surface area contributed by atoms with Gasteiger partial charge < -0.3 is 4.74 Å². The average molecular weight is 510 g/mol. The van der Waals surface area contributed by atoms with Crippen LogP contribution < -0.4 is 0 Å². The molecule has 0 saturated heterocycles. The zero-order chi connectivity index (χ0) is 26.0. The summed E-state index contributed by atoms with van der Waals surface area (Å²) in [6.45, 7) is 1.36. The summed E-state index contributed by atoms with van der Waals surface area (Å²) in [4.78, 5) is 25.9. The lowest BCUT2D eigenvalue weighted by Crippen LogP contribution is -2.13. The minimum absolute atomic E-state index is 0.0963. The molecule has 37 heavy (non-hydrogen) atoms. The van der Waals surface area contributed by atoms with Crippen molar-refractivity contribution in [1.82, 2.24) is 3.97 Å². The predicted molar refractivity (Wildman–Crippen MR) is 141 cm³/mol. The molecule has 1 heterocycles. The van der Waals surface area contributed by atoms with Gasteiger partial charge in [0, 0.05) is 17.1 Å². The Kier molecular flexibility index (Phi) is 6.46. The Morgan fingerprint density at radius 3 is 1.84 bits per heavy atom. The van der Waals surface area contributed by atoms with Crippen molar-refractivity contribution in [3.63, 3.8) is 0 Å². The molecule has 0 fully saturated rings. The van der Waals surface area contributed by atoms with Gasteiger partial charge >= 0.3 is 5.97 Å². The molecule has 0 atom stereocenters. The van der Waals surface area contributed by atoms with E-state index in [9.17, 15) is 18.0 Å². The highest BCUT2D eigenvalue weighted by Gasteiger charge is 2.25. The number of Topliss-reactive ketones (excluding diaryl/α,β-unsaturated/α-hetero) is 1. The molecule has 0 amide bonds. The number of esters is 1. The number of ketones is 1. The van der Waals surface area contributed by atoms with Gasteiger partial charge in [0.1, 0.15) is 0 Å². The molecule has 7 heteroatoms. The van der Waals surface area contributed by atoms with Gasteiger partial charge in [-0.3, -0.25) is 4.79 Å². The highest BCUT2D eigenvalue weighted by Crippen LogP contribution is 2.30. The smallest absolute Gasteiger partial charge is 0.339 e. The number of nitrogens with zero attached hydrogens (tertiary/aromatic N) is 1. The van der Waals surface area contributed by atoms with Crippen LogP contribution in [0.3, 0.4) is 0 Å². The number of aromatic nitrogens is 1. The van der Waals surface area contributed by atoms with Crippen LogP contribution >= 0.6 is 0 Å². The van der Waals surface area contributed by atoms with Crippen LogP contribution in [0.15, 0.2) is 120 Å². The quantitative estimate of drug-likeness (QED) is 0.198. The summed E-state index contributed by atoms with van der Waals surface area (Å²) < 4.78 is 33.7. The molecule has 0 unspecified atom stereocenters. The molecule has 0 spiro atoms. The standard InChI is InChI=1S/C30H23NO5S/c1-21(32)27-20-31(37(34,35)25-15-9-4-10-16-25)28-18-17-24(19-26(27)28)30(33)36-29(22-11-5-2-6-12-22)23-13-7-3-8-14-23/h2-20,29H,1H3. The lowest BCUT2D eigenvalue weighted by molar-refractivity contribution is 0.0378. The van der Waals surface area contributed by atoms with E-state index in [4.69, 9.17) is 4.74 Å². The number of rotatable bonds is 7. The van der Waals surface area contributed by atoms with Crippen molar-refractivity contribution < 1.29 is 22.7 Å². The van der Waals surface area contributed by atoms with Gasteiger partial charge in [-0.15, -0.1) is 0 Å². The van der Waals surface area contributed by atoms with Crippen LogP contribution in [-0.2, 0) is 14.8 Å². The molecule has 0 saturated carbocycles. The van der Waals surface area contributed by atoms with Gasteiger partial charge in [-0.05, 0) is 48.4 Å². The molecular formula is C30H23NO5S. The maximum Gasteiger partial charge on any atom is 0.339 e. The van der Waals surface area contributed by atoms with Gasteiger partial charge in [-0.2, -0.15) is 0 Å². The first-order chi connectivity index (χ1) is 17.9. The van der Waals surface area contributed by atoms with Gasteiger partial charge in [0.05, 0.1) is 16.0 Å². The molecule has 0 radical (unpaired) electrons. The molecule has 0 aliphatic carbocycles. The summed E-state index contributed by atoms with van der Waals surface area (Å²) in [5.41, 5.74) is 2.34. The van der Waals surface area contributed by atoms with Crippen molar-refractivity contribution in [1.29, 1.82) is 0 Å². The third-order valence-corrected chi connectivity index (χ3v) is 7.80. The van der Waals surface area contributed by atoms with Gasteiger partial charge in [0.25, 0.3) is 10.0 Å². The number of carbonyl (C=O) groups excluding carboxylic acids is 2. The van der Waals surface area contributed by atoms with Crippen molar-refractivity contribution in [2.24, 2.45) is 0 Å². The number of hydrogen-bond donors (Lipinski definition) is 0. The van der Waals surface area contributed by atoms with Gasteiger partial charge in [0.15, 0.2) is 11.9 Å². The fourth-order valence-electron chi connectivity index (χ4n) is 4.27. The van der Waals surface area contributed by atoms with Crippen molar-refractivity contribution in [3.05, 3.63) is 138 Å². The topological polar surface area (TPSA) is 82.4 Å². The molecule has 0 aliphatic rings. The van der Waals surface area contributed by atoms with Crippen molar-refractivity contribution >= 4 is 32.7 Å². The molecule has 5 aromatic rings. The SMILES string of the molecule is CC(=O)c1cn(S(=O)(=O)c2ccccc2)c2ccc(C(=O)OC(c3ccccc3)c3ccccc3)cc12. The Bertz CT molecular complexity index is 1650. The third-order valence-electron chi connectivity index (χ3n) is 6.12. The zero-order valence-electron chi connectivity index (χ0n) is 19.9. The van der Waals surface area contributed by atoms with Crippen molar-refractivity contribution in [3.8, 4) is 0 Å². The minimum Gasteiger partial charge on any atom is -0.449 e. The van der Waals surface area contributed by atoms with E-state index in [1.54, 1.807) is 18.2 Å². The maximum absolute atomic E-state index is 13.3. The van der Waals surface area contributed by atoms with E-state index in [2.05, 4.69) is 0 Å². The molecule has 0 N–H and O–H groups in total. The summed E-state index contributed by atoms with van der Waals surface area (Å²) in [5.74, 6) is -0.906. The summed E-state index contributed by atoms with van der Waals surface area (Å²) >= 11 is 0. The minimum atomic E-state index is -3.95. The Hall–Kier alpha value is -4.49. The summed E-state index contributed by atoms with van der Waals surface area (Å²) in [5, 5.41) is 0.359. The van der Waals surface area contributed by atoms with E-state index in [0.29, 0.717) is 10.9 Å². The van der Waals surface area contributed by atoms with E-state index >= 15 is 0 Å². The summed E-state index contributed by atoms with van der Waals surface area (Å²) in [6, 6.07) is 31.3. The average Bonchev–Trinajstić information content (AvgIpc) is 3.33. The summed E-state index contributed by atoms with van der Waals surface area (Å²) in [7, 11) is -3.95. The van der Waals surface area contributed by atoms with E-state index < -0.39 is 22.1 Å². The van der Waals surface area contributed by atoms with Crippen LogP contribution in [0, 0.1) is 0 Å². The fraction of sp³-hybridized carbons (Fsp3) is 0.0667. The van der Waals surface area contributed by atoms with E-state index in [1.165, 1.54) is 43.5 Å². The van der Waals surface area contributed by atoms with E-state index in [0.717, 1.165) is 15.1 Å². The van der Waals surface area contributed by atoms with Crippen molar-refractivity contribution in [2.75, 3.05) is 0 Å². The zero-order valence-corrected chi connectivity index (χ0v) is 20.8. The molecule has 1 aromatic heterocycles. The second kappa shape index (κ2) is 9.87. The Labute approximate surface area is 214 Å². The molecule has 0 aliphatic heterocycles. The number of ether oxygens (including phenoxy) is 1.